The van der Waals surface area contributed by atoms with Gasteiger partial charge < -0.3 is 14.9 Å². The average Bonchev–Trinajstić information content (AvgIpc) is 2.14. The highest BCUT2D eigenvalue weighted by Gasteiger charge is 2.25. The van der Waals surface area contributed by atoms with Crippen molar-refractivity contribution in [3.63, 3.8) is 0 Å². The van der Waals surface area contributed by atoms with E-state index in [1.54, 1.807) is 30.0 Å². The van der Waals surface area contributed by atoms with Crippen molar-refractivity contribution in [2.24, 2.45) is 0 Å². The molecule has 0 bridgehead atoms. The molecule has 1 aliphatic rings. The van der Waals surface area contributed by atoms with Crippen molar-refractivity contribution in [1.29, 1.82) is 0 Å². The fraction of sp³-hybridized carbons (Fsp3) is 0.700. The maximum atomic E-state index is 11.4. The molecule has 1 heterocycles. The highest BCUT2D eigenvalue weighted by atomic mass is 16.3. The molecule has 15 heavy (non-hydrogen) atoms. The molecule has 2 amide bonds. The first-order valence-corrected chi connectivity index (χ1v) is 5.04. The summed E-state index contributed by atoms with van der Waals surface area (Å²) in [6.07, 6.45) is 3.11. The Morgan fingerprint density at radius 1 is 1.40 bits per heavy atom. The lowest BCUT2D eigenvalue weighted by atomic mass is 10.3. The Kier molecular flexibility index (Phi) is 4.11. The van der Waals surface area contributed by atoms with E-state index < -0.39 is 6.10 Å². The topological polar surface area (TPSA) is 47.0 Å². The zero-order chi connectivity index (χ0) is 11.4. The van der Waals surface area contributed by atoms with Gasteiger partial charge >= 0.3 is 6.03 Å². The number of aliphatic hydroxyl groups excluding tert-OH is 1. The van der Waals surface area contributed by atoms with Gasteiger partial charge in [0.25, 0.3) is 0 Å². The number of nitrogens with zero attached hydrogens (tertiary/aromatic N) is 3. The third-order valence-electron chi connectivity index (χ3n) is 2.34. The van der Waals surface area contributed by atoms with Gasteiger partial charge in [0.1, 0.15) is 0 Å². The van der Waals surface area contributed by atoms with Gasteiger partial charge in [-0.15, -0.1) is 0 Å². The molecule has 0 saturated carbocycles. The summed E-state index contributed by atoms with van der Waals surface area (Å²) in [5, 5.41) is 9.59. The van der Waals surface area contributed by atoms with Gasteiger partial charge in [-0.3, -0.25) is 4.90 Å². The Morgan fingerprint density at radius 3 is 2.40 bits per heavy atom. The van der Waals surface area contributed by atoms with Crippen molar-refractivity contribution in [2.75, 3.05) is 34.0 Å². The fourth-order valence-electron chi connectivity index (χ4n) is 1.72. The standard InChI is InChI=1S/C10H19N3O2/c1-4-5-9(14)6-13-7-11(2)10(15)12(3)8-13/h4-5,9,14H,6-8H2,1-3H3/b5-4+. The fourth-order valence-corrected chi connectivity index (χ4v) is 1.72. The predicted octanol–water partition coefficient (Wildman–Crippen LogP) is 0.138. The van der Waals surface area contributed by atoms with Gasteiger partial charge in [0, 0.05) is 20.6 Å². The van der Waals surface area contributed by atoms with Crippen LogP contribution in [0.4, 0.5) is 4.79 Å². The lowest BCUT2D eigenvalue weighted by Gasteiger charge is -2.39. The molecule has 5 heteroatoms. The zero-order valence-corrected chi connectivity index (χ0v) is 9.55. The summed E-state index contributed by atoms with van der Waals surface area (Å²) in [6, 6.07) is 0.0202. The molecule has 1 N–H and O–H groups in total. The lowest BCUT2D eigenvalue weighted by Crippen LogP contribution is -2.56. The van der Waals surface area contributed by atoms with Gasteiger partial charge in [-0.1, -0.05) is 12.2 Å². The van der Waals surface area contributed by atoms with Gasteiger partial charge in [-0.2, -0.15) is 0 Å². The van der Waals surface area contributed by atoms with E-state index in [0.29, 0.717) is 19.9 Å². The maximum absolute atomic E-state index is 11.4. The van der Waals surface area contributed by atoms with Gasteiger partial charge in [-0.25, -0.2) is 4.79 Å². The van der Waals surface area contributed by atoms with Crippen LogP contribution in [-0.4, -0.2) is 65.9 Å². The van der Waals surface area contributed by atoms with Crippen LogP contribution in [0.25, 0.3) is 0 Å². The van der Waals surface area contributed by atoms with Crippen LogP contribution < -0.4 is 0 Å². The first-order chi connectivity index (χ1) is 7.04. The normalized spacial score (nSPS) is 21.5. The summed E-state index contributed by atoms with van der Waals surface area (Å²) in [5.74, 6) is 0. The number of urea groups is 1. The van der Waals surface area contributed by atoms with Crippen molar-refractivity contribution in [3.05, 3.63) is 12.2 Å². The Labute approximate surface area is 90.6 Å². The molecule has 86 valence electrons. The smallest absolute Gasteiger partial charge is 0.321 e. The van der Waals surface area contributed by atoms with Crippen LogP contribution >= 0.6 is 0 Å². The van der Waals surface area contributed by atoms with E-state index in [0.717, 1.165) is 0 Å². The molecule has 1 fully saturated rings. The van der Waals surface area contributed by atoms with Crippen molar-refractivity contribution in [3.8, 4) is 0 Å². The summed E-state index contributed by atoms with van der Waals surface area (Å²) < 4.78 is 0. The minimum atomic E-state index is -0.468. The number of carbonyl (C=O) groups excluding carboxylic acids is 1. The largest absolute Gasteiger partial charge is 0.388 e. The van der Waals surface area contributed by atoms with Crippen LogP contribution in [0.3, 0.4) is 0 Å². The van der Waals surface area contributed by atoms with E-state index in [1.807, 2.05) is 17.9 Å². The Balaban J connectivity index is 2.47. The first-order valence-electron chi connectivity index (χ1n) is 5.04. The second-order valence-electron chi connectivity index (χ2n) is 3.91. The van der Waals surface area contributed by atoms with E-state index in [4.69, 9.17) is 0 Å². The van der Waals surface area contributed by atoms with Gasteiger partial charge in [-0.05, 0) is 6.92 Å². The Morgan fingerprint density at radius 2 is 1.93 bits per heavy atom. The summed E-state index contributed by atoms with van der Waals surface area (Å²) in [4.78, 5) is 16.7. The predicted molar refractivity (Wildman–Crippen MR) is 58.2 cm³/mol. The molecule has 0 aromatic heterocycles. The summed E-state index contributed by atoms with van der Waals surface area (Å²) in [6.45, 7) is 3.56. The van der Waals surface area contributed by atoms with E-state index >= 15 is 0 Å². The maximum Gasteiger partial charge on any atom is 0.321 e. The average molecular weight is 213 g/mol. The molecular formula is C10H19N3O2. The van der Waals surface area contributed by atoms with Crippen molar-refractivity contribution < 1.29 is 9.90 Å². The van der Waals surface area contributed by atoms with E-state index in [-0.39, 0.29) is 6.03 Å². The number of hydrogen-bond acceptors (Lipinski definition) is 3. The van der Waals surface area contributed by atoms with E-state index in [9.17, 15) is 9.90 Å². The number of β-amino-alcohol motifs (C(OH)–C–C–N with tert-alkyl or cyclic N) is 1. The summed E-state index contributed by atoms with van der Waals surface area (Å²) in [7, 11) is 3.51. The molecule has 1 saturated heterocycles. The number of carbonyl (C=O) groups is 1. The second-order valence-corrected chi connectivity index (χ2v) is 3.91. The van der Waals surface area contributed by atoms with Crippen LogP contribution in [0, 0.1) is 0 Å². The van der Waals surface area contributed by atoms with Crippen LogP contribution in [0.1, 0.15) is 6.92 Å². The zero-order valence-electron chi connectivity index (χ0n) is 9.55. The molecule has 1 unspecified atom stereocenters. The lowest BCUT2D eigenvalue weighted by molar-refractivity contribution is 0.0333. The number of rotatable bonds is 3. The van der Waals surface area contributed by atoms with E-state index in [1.165, 1.54) is 0 Å². The SMILES string of the molecule is C/C=C/C(O)CN1CN(C)C(=O)N(C)C1. The number of hydrogen-bond donors (Lipinski definition) is 1. The van der Waals surface area contributed by atoms with Crippen LogP contribution in [0.5, 0.6) is 0 Å². The van der Waals surface area contributed by atoms with Crippen molar-refractivity contribution >= 4 is 6.03 Å². The third-order valence-corrected chi connectivity index (χ3v) is 2.34. The van der Waals surface area contributed by atoms with Crippen LogP contribution in [0.15, 0.2) is 12.2 Å². The molecule has 1 atom stereocenters. The first kappa shape index (κ1) is 12.0. The van der Waals surface area contributed by atoms with Crippen molar-refractivity contribution in [1.82, 2.24) is 14.7 Å². The molecule has 1 aliphatic heterocycles. The third kappa shape index (κ3) is 3.21. The van der Waals surface area contributed by atoms with Crippen LogP contribution in [-0.2, 0) is 0 Å². The minimum Gasteiger partial charge on any atom is -0.388 e. The molecule has 1 rings (SSSR count). The van der Waals surface area contributed by atoms with Gasteiger partial charge in [0.05, 0.1) is 19.4 Å². The highest BCUT2D eigenvalue weighted by Crippen LogP contribution is 2.07. The van der Waals surface area contributed by atoms with Crippen LogP contribution in [0.2, 0.25) is 0 Å². The Hall–Kier alpha value is -1.07. The van der Waals surface area contributed by atoms with Gasteiger partial charge in [0.2, 0.25) is 0 Å². The molecule has 0 spiro atoms. The molecule has 5 nitrogen and oxygen atoms in total. The molecule has 0 aromatic carbocycles. The molecular weight excluding hydrogens is 194 g/mol. The monoisotopic (exact) mass is 213 g/mol. The molecule has 0 radical (unpaired) electrons. The van der Waals surface area contributed by atoms with E-state index in [2.05, 4.69) is 0 Å². The second kappa shape index (κ2) is 5.14. The quantitative estimate of drug-likeness (QED) is 0.678. The Bertz CT molecular complexity index is 241. The number of aliphatic hydroxyl groups is 1. The number of allylic oxidation sites excluding steroid dienone is 1. The summed E-state index contributed by atoms with van der Waals surface area (Å²) >= 11 is 0. The molecule has 0 aromatic rings. The summed E-state index contributed by atoms with van der Waals surface area (Å²) in [5.41, 5.74) is 0. The number of amides is 2. The highest BCUT2D eigenvalue weighted by molar-refractivity contribution is 5.74. The molecule has 0 aliphatic carbocycles. The van der Waals surface area contributed by atoms with Gasteiger partial charge in [0.15, 0.2) is 0 Å². The minimum absolute atomic E-state index is 0.0202. The van der Waals surface area contributed by atoms with Crippen molar-refractivity contribution in [2.45, 2.75) is 13.0 Å².